The Labute approximate surface area is 193 Å². The van der Waals surface area contributed by atoms with Gasteiger partial charge in [-0.05, 0) is 12.8 Å². The molecule has 0 bridgehead atoms. The Balaban J connectivity index is 2.12. The first kappa shape index (κ1) is 26.2. The number of likely N-dealkylation sites (tertiary alicyclic amines) is 1. The SMILES string of the molecule is NC(=O)CC(NC(=O)C(N)CC(=O)O)C(=O)N1CCCC1C(=O)NC(Cc1cnc[nH]1)C(=O)O. The molecule has 0 spiro atoms. The first-order valence-corrected chi connectivity index (χ1v) is 10.4. The van der Waals surface area contributed by atoms with E-state index in [0.29, 0.717) is 12.1 Å². The second-order valence-electron chi connectivity index (χ2n) is 7.81. The number of hydrogen-bond acceptors (Lipinski definition) is 8. The van der Waals surface area contributed by atoms with Crippen molar-refractivity contribution in [2.75, 3.05) is 6.54 Å². The van der Waals surface area contributed by atoms with E-state index in [2.05, 4.69) is 20.6 Å². The number of carbonyl (C=O) groups is 6. The van der Waals surface area contributed by atoms with Gasteiger partial charge in [0, 0.05) is 24.9 Å². The summed E-state index contributed by atoms with van der Waals surface area (Å²) < 4.78 is 0. The zero-order valence-corrected chi connectivity index (χ0v) is 18.1. The summed E-state index contributed by atoms with van der Waals surface area (Å²) in [5.74, 6) is -6.04. The molecule has 1 saturated heterocycles. The summed E-state index contributed by atoms with van der Waals surface area (Å²) in [5, 5.41) is 22.9. The van der Waals surface area contributed by atoms with E-state index in [4.69, 9.17) is 16.6 Å². The largest absolute Gasteiger partial charge is 0.481 e. The number of nitrogens with zero attached hydrogens (tertiary/aromatic N) is 2. The number of imidazole rings is 1. The van der Waals surface area contributed by atoms with Crippen molar-refractivity contribution >= 4 is 35.6 Å². The van der Waals surface area contributed by atoms with Gasteiger partial charge >= 0.3 is 11.9 Å². The number of nitrogens with two attached hydrogens (primary N) is 2. The monoisotopic (exact) mass is 481 g/mol. The van der Waals surface area contributed by atoms with Crippen LogP contribution in [0.15, 0.2) is 12.5 Å². The number of primary amides is 1. The molecular weight excluding hydrogens is 454 g/mol. The molecule has 0 radical (unpaired) electrons. The normalized spacial score (nSPS) is 17.9. The first-order chi connectivity index (χ1) is 16.0. The highest BCUT2D eigenvalue weighted by Gasteiger charge is 2.39. The topological polar surface area (TPSA) is 251 Å². The van der Waals surface area contributed by atoms with E-state index in [9.17, 15) is 33.9 Å². The molecule has 0 aromatic carbocycles. The summed E-state index contributed by atoms with van der Waals surface area (Å²) in [4.78, 5) is 79.6. The van der Waals surface area contributed by atoms with Gasteiger partial charge in [0.15, 0.2) is 0 Å². The molecule has 4 amide bonds. The fourth-order valence-corrected chi connectivity index (χ4v) is 3.55. The Morgan fingerprint density at radius 2 is 1.85 bits per heavy atom. The number of carboxylic acids is 2. The highest BCUT2D eigenvalue weighted by Crippen LogP contribution is 2.20. The van der Waals surface area contributed by atoms with Gasteiger partial charge in [-0.25, -0.2) is 9.78 Å². The van der Waals surface area contributed by atoms with Crippen molar-refractivity contribution in [1.29, 1.82) is 0 Å². The average Bonchev–Trinajstić information content (AvgIpc) is 3.43. The lowest BCUT2D eigenvalue weighted by molar-refractivity contribution is -0.145. The molecule has 34 heavy (non-hydrogen) atoms. The number of rotatable bonds is 12. The minimum absolute atomic E-state index is 0.0659. The van der Waals surface area contributed by atoms with Gasteiger partial charge in [-0.2, -0.15) is 0 Å². The van der Waals surface area contributed by atoms with Gasteiger partial charge in [0.05, 0.1) is 25.2 Å². The molecule has 1 aromatic rings. The van der Waals surface area contributed by atoms with E-state index in [-0.39, 0.29) is 19.4 Å². The van der Waals surface area contributed by atoms with E-state index in [0.717, 1.165) is 4.90 Å². The Morgan fingerprint density at radius 1 is 1.15 bits per heavy atom. The van der Waals surface area contributed by atoms with Crippen LogP contribution in [0.4, 0.5) is 0 Å². The number of H-pyrrole nitrogens is 1. The molecule has 1 aliphatic rings. The molecule has 15 heteroatoms. The molecule has 9 N–H and O–H groups in total. The van der Waals surface area contributed by atoms with Crippen molar-refractivity contribution in [2.24, 2.45) is 11.5 Å². The van der Waals surface area contributed by atoms with E-state index < -0.39 is 72.6 Å². The molecule has 2 rings (SSSR count). The van der Waals surface area contributed by atoms with Crippen LogP contribution >= 0.6 is 0 Å². The number of aromatic amines is 1. The summed E-state index contributed by atoms with van der Waals surface area (Å²) in [6.07, 6.45) is 2.05. The average molecular weight is 481 g/mol. The summed E-state index contributed by atoms with van der Waals surface area (Å²) >= 11 is 0. The maximum Gasteiger partial charge on any atom is 0.326 e. The van der Waals surface area contributed by atoms with Gasteiger partial charge in [-0.3, -0.25) is 24.0 Å². The Morgan fingerprint density at radius 3 is 2.41 bits per heavy atom. The predicted octanol–water partition coefficient (Wildman–Crippen LogP) is -3.33. The smallest absolute Gasteiger partial charge is 0.326 e. The van der Waals surface area contributed by atoms with Crippen LogP contribution in [-0.2, 0) is 35.2 Å². The Kier molecular flexibility index (Phi) is 9.06. The highest BCUT2D eigenvalue weighted by atomic mass is 16.4. The third kappa shape index (κ3) is 7.26. The van der Waals surface area contributed by atoms with Crippen molar-refractivity contribution in [1.82, 2.24) is 25.5 Å². The van der Waals surface area contributed by atoms with Crippen molar-refractivity contribution in [3.8, 4) is 0 Å². The van der Waals surface area contributed by atoms with E-state index in [1.54, 1.807) is 0 Å². The maximum atomic E-state index is 13.1. The van der Waals surface area contributed by atoms with Gasteiger partial charge in [0.2, 0.25) is 23.6 Å². The molecular formula is C19H27N7O8. The number of amides is 4. The van der Waals surface area contributed by atoms with Crippen LogP contribution in [0.25, 0.3) is 0 Å². The fraction of sp³-hybridized carbons (Fsp3) is 0.526. The van der Waals surface area contributed by atoms with Crippen molar-refractivity contribution in [3.63, 3.8) is 0 Å². The number of aromatic nitrogens is 2. The lowest BCUT2D eigenvalue weighted by Gasteiger charge is -2.29. The van der Waals surface area contributed by atoms with Crippen molar-refractivity contribution < 1.29 is 39.0 Å². The first-order valence-electron chi connectivity index (χ1n) is 10.4. The molecule has 4 unspecified atom stereocenters. The van der Waals surface area contributed by atoms with E-state index >= 15 is 0 Å². The second-order valence-corrected chi connectivity index (χ2v) is 7.81. The molecule has 0 saturated carbocycles. The van der Waals surface area contributed by atoms with Crippen molar-refractivity contribution in [3.05, 3.63) is 18.2 Å². The third-order valence-corrected chi connectivity index (χ3v) is 5.18. The summed E-state index contributed by atoms with van der Waals surface area (Å²) in [6, 6.07) is -5.28. The minimum Gasteiger partial charge on any atom is -0.481 e. The van der Waals surface area contributed by atoms with Gasteiger partial charge in [0.25, 0.3) is 0 Å². The fourth-order valence-electron chi connectivity index (χ4n) is 3.55. The molecule has 1 aromatic heterocycles. The quantitative estimate of drug-likeness (QED) is 0.156. The van der Waals surface area contributed by atoms with Crippen LogP contribution in [0.2, 0.25) is 0 Å². The van der Waals surface area contributed by atoms with Crippen LogP contribution in [0.5, 0.6) is 0 Å². The molecule has 186 valence electrons. The predicted molar refractivity (Wildman–Crippen MR) is 113 cm³/mol. The zero-order valence-electron chi connectivity index (χ0n) is 18.1. The van der Waals surface area contributed by atoms with Crippen LogP contribution in [0.3, 0.4) is 0 Å². The van der Waals surface area contributed by atoms with Crippen LogP contribution in [0, 0.1) is 0 Å². The third-order valence-electron chi connectivity index (χ3n) is 5.18. The summed E-state index contributed by atoms with van der Waals surface area (Å²) in [5.41, 5.74) is 11.2. The van der Waals surface area contributed by atoms with E-state index in [1.165, 1.54) is 12.5 Å². The van der Waals surface area contributed by atoms with Gasteiger partial charge in [-0.15, -0.1) is 0 Å². The lowest BCUT2D eigenvalue weighted by atomic mass is 10.1. The summed E-state index contributed by atoms with van der Waals surface area (Å²) in [7, 11) is 0. The minimum atomic E-state index is -1.47. The molecule has 1 fully saturated rings. The molecule has 4 atom stereocenters. The summed E-state index contributed by atoms with van der Waals surface area (Å²) in [6.45, 7) is 0.113. The van der Waals surface area contributed by atoms with Gasteiger partial charge in [0.1, 0.15) is 18.1 Å². The molecule has 1 aliphatic heterocycles. The second kappa shape index (κ2) is 11.7. The Bertz CT molecular complexity index is 935. The van der Waals surface area contributed by atoms with Crippen LogP contribution in [-0.4, -0.2) is 91.4 Å². The Hall–Kier alpha value is -4.01. The van der Waals surface area contributed by atoms with E-state index in [1.807, 2.05) is 0 Å². The molecule has 15 nitrogen and oxygen atoms in total. The highest BCUT2D eigenvalue weighted by molar-refractivity contribution is 5.97. The van der Waals surface area contributed by atoms with Gasteiger partial charge in [-0.1, -0.05) is 0 Å². The number of aliphatic carboxylic acids is 2. The number of carboxylic acid groups (broad SMARTS) is 2. The molecule has 2 heterocycles. The molecule has 0 aliphatic carbocycles. The number of nitrogens with one attached hydrogen (secondary N) is 3. The number of hydrogen-bond donors (Lipinski definition) is 7. The standard InChI is InChI=1S/C19H27N7O8/c20-10(5-15(28)29)16(30)24-11(6-14(21)27)18(32)26-3-1-2-13(26)17(31)25-12(19(33)34)4-9-7-22-8-23-9/h7-8,10-13H,1-6,20H2,(H2,21,27)(H,22,23)(H,24,30)(H,25,31)(H,28,29)(H,33,34). The lowest BCUT2D eigenvalue weighted by Crippen LogP contribution is -2.57. The van der Waals surface area contributed by atoms with Crippen molar-refractivity contribution in [2.45, 2.75) is 56.3 Å². The number of carbonyl (C=O) groups excluding carboxylic acids is 4. The van der Waals surface area contributed by atoms with Crippen LogP contribution < -0.4 is 22.1 Å². The van der Waals surface area contributed by atoms with Gasteiger partial charge < -0.3 is 42.2 Å². The zero-order chi connectivity index (χ0) is 25.4. The van der Waals surface area contributed by atoms with Crippen LogP contribution in [0.1, 0.15) is 31.4 Å². The maximum absolute atomic E-state index is 13.1.